The van der Waals surface area contributed by atoms with Gasteiger partial charge in [0, 0.05) is 0 Å². The molecule has 3 N–H and O–H groups in total. The molecule has 0 aliphatic rings. The van der Waals surface area contributed by atoms with Crippen LogP contribution in [0.4, 0.5) is 0 Å². The van der Waals surface area contributed by atoms with Gasteiger partial charge in [-0.1, -0.05) is 0 Å². The van der Waals surface area contributed by atoms with Crippen LogP contribution in [0.2, 0.25) is 0 Å². The summed E-state index contributed by atoms with van der Waals surface area (Å²) in [6.45, 7) is 0. The molecule has 0 radical (unpaired) electrons. The van der Waals surface area contributed by atoms with Crippen LogP contribution in [0.25, 0.3) is 11.3 Å². The first kappa shape index (κ1) is 5.16. The molecular weight excluding hydrogens is 132 g/mol. The Bertz CT molecular complexity index is 401. The second-order valence-electron chi connectivity index (χ2n) is 1.90. The number of fused-ring (bicyclic) bond motifs is 1. The molecule has 0 unspecified atom stereocenters. The molecule has 0 amide bonds. The molecule has 0 aliphatic carbocycles. The number of nitrogens with one attached hydrogen (secondary N) is 3. The molecule has 0 bridgehead atoms. The minimum atomic E-state index is -0.205. The number of imidazole rings is 1. The normalized spacial score (nSPS) is 10.4. The van der Waals surface area contributed by atoms with E-state index in [0.29, 0.717) is 11.3 Å². The van der Waals surface area contributed by atoms with Gasteiger partial charge in [0.25, 0.3) is 5.56 Å². The summed E-state index contributed by atoms with van der Waals surface area (Å²) in [5.74, 6) is 0. The van der Waals surface area contributed by atoms with Gasteiger partial charge in [-0.3, -0.25) is 14.8 Å². The van der Waals surface area contributed by atoms with E-state index in [1.807, 2.05) is 0 Å². The SMILES string of the molecule is O=c1cnc2[nH+]c[nH]c2[nH]1. The summed E-state index contributed by atoms with van der Waals surface area (Å²) in [6.07, 6.45) is 2.83. The predicted octanol–water partition coefficient (Wildman–Crippen LogP) is -0.935. The van der Waals surface area contributed by atoms with Gasteiger partial charge in [0.2, 0.25) is 5.65 Å². The first-order valence-electron chi connectivity index (χ1n) is 2.80. The third-order valence-electron chi connectivity index (χ3n) is 1.22. The van der Waals surface area contributed by atoms with Crippen molar-refractivity contribution >= 4 is 11.3 Å². The maximum atomic E-state index is 10.6. The second kappa shape index (κ2) is 1.66. The number of aromatic amines is 3. The molecule has 50 valence electrons. The fourth-order valence-corrected chi connectivity index (χ4v) is 0.793. The van der Waals surface area contributed by atoms with Crippen LogP contribution in [0.5, 0.6) is 0 Å². The van der Waals surface area contributed by atoms with Gasteiger partial charge < -0.3 is 0 Å². The van der Waals surface area contributed by atoms with E-state index in [-0.39, 0.29) is 5.56 Å². The van der Waals surface area contributed by atoms with Crippen molar-refractivity contribution in [2.45, 2.75) is 0 Å². The Morgan fingerprint density at radius 2 is 2.50 bits per heavy atom. The number of hydrogen-bond acceptors (Lipinski definition) is 2. The van der Waals surface area contributed by atoms with Crippen LogP contribution in [0.1, 0.15) is 0 Å². The van der Waals surface area contributed by atoms with Crippen LogP contribution in [-0.2, 0) is 0 Å². The third kappa shape index (κ3) is 0.604. The average Bonchev–Trinajstić information content (AvgIpc) is 2.33. The number of nitrogens with zero attached hydrogens (tertiary/aromatic N) is 1. The smallest absolute Gasteiger partial charge is 0.288 e. The summed E-state index contributed by atoms with van der Waals surface area (Å²) in [4.78, 5) is 22.6. The highest BCUT2D eigenvalue weighted by Crippen LogP contribution is 1.89. The fraction of sp³-hybridized carbons (Fsp3) is 0. The summed E-state index contributed by atoms with van der Waals surface area (Å²) < 4.78 is 0. The minimum absolute atomic E-state index is 0.205. The van der Waals surface area contributed by atoms with Crippen molar-refractivity contribution in [2.24, 2.45) is 0 Å². The maximum Gasteiger partial charge on any atom is 0.317 e. The van der Waals surface area contributed by atoms with E-state index in [4.69, 9.17) is 0 Å². The molecule has 0 fully saturated rings. The number of aromatic nitrogens is 4. The Morgan fingerprint density at radius 1 is 1.60 bits per heavy atom. The van der Waals surface area contributed by atoms with Crippen molar-refractivity contribution in [1.29, 1.82) is 0 Å². The lowest BCUT2D eigenvalue weighted by molar-refractivity contribution is -0.347. The van der Waals surface area contributed by atoms with E-state index in [2.05, 4.69) is 19.9 Å². The molecule has 0 saturated heterocycles. The van der Waals surface area contributed by atoms with Gasteiger partial charge in [0.1, 0.15) is 0 Å². The average molecular weight is 137 g/mol. The van der Waals surface area contributed by atoms with Crippen molar-refractivity contribution in [1.82, 2.24) is 15.0 Å². The van der Waals surface area contributed by atoms with Crippen molar-refractivity contribution < 1.29 is 4.98 Å². The first-order valence-corrected chi connectivity index (χ1v) is 2.80. The number of H-pyrrole nitrogens is 3. The van der Waals surface area contributed by atoms with E-state index in [1.165, 1.54) is 6.20 Å². The summed E-state index contributed by atoms with van der Waals surface area (Å²) in [5, 5.41) is 0. The van der Waals surface area contributed by atoms with Crippen LogP contribution in [0, 0.1) is 0 Å². The predicted molar refractivity (Wildman–Crippen MR) is 33.3 cm³/mol. The zero-order chi connectivity index (χ0) is 6.97. The Balaban J connectivity index is 2.99. The van der Waals surface area contributed by atoms with Crippen LogP contribution in [0.3, 0.4) is 0 Å². The van der Waals surface area contributed by atoms with Gasteiger partial charge in [0.15, 0.2) is 12.5 Å². The van der Waals surface area contributed by atoms with Crippen molar-refractivity contribution in [3.8, 4) is 0 Å². The monoisotopic (exact) mass is 137 g/mol. The highest BCUT2D eigenvalue weighted by atomic mass is 16.1. The van der Waals surface area contributed by atoms with Crippen molar-refractivity contribution in [2.75, 3.05) is 0 Å². The number of hydrogen-bond donors (Lipinski definition) is 2. The van der Waals surface area contributed by atoms with Gasteiger partial charge in [-0.15, -0.1) is 4.98 Å². The first-order chi connectivity index (χ1) is 4.86. The molecule has 0 spiro atoms. The quantitative estimate of drug-likeness (QED) is 0.492. The van der Waals surface area contributed by atoms with Crippen LogP contribution in [-0.4, -0.2) is 15.0 Å². The third-order valence-corrected chi connectivity index (χ3v) is 1.22. The van der Waals surface area contributed by atoms with Gasteiger partial charge in [-0.2, -0.15) is 0 Å². The lowest BCUT2D eigenvalue weighted by Crippen LogP contribution is -2.07. The Hall–Kier alpha value is -1.65. The molecule has 5 nitrogen and oxygen atoms in total. The molecule has 0 aromatic carbocycles. The Kier molecular flexibility index (Phi) is 0.858. The molecule has 10 heavy (non-hydrogen) atoms. The van der Waals surface area contributed by atoms with E-state index in [0.717, 1.165) is 0 Å². The molecule has 0 aliphatic heterocycles. The molecule has 0 atom stereocenters. The summed E-state index contributed by atoms with van der Waals surface area (Å²) in [5.41, 5.74) is 1.07. The summed E-state index contributed by atoms with van der Waals surface area (Å²) in [7, 11) is 0. The fourth-order valence-electron chi connectivity index (χ4n) is 0.793. The minimum Gasteiger partial charge on any atom is -0.288 e. The van der Waals surface area contributed by atoms with Gasteiger partial charge in [0.05, 0.1) is 0 Å². The molecule has 0 saturated carbocycles. The lowest BCUT2D eigenvalue weighted by Gasteiger charge is -1.75. The molecular formula is C5H5N4O+. The molecule has 2 aromatic heterocycles. The van der Waals surface area contributed by atoms with Crippen molar-refractivity contribution in [3.05, 3.63) is 22.9 Å². The maximum absolute atomic E-state index is 10.6. The van der Waals surface area contributed by atoms with E-state index < -0.39 is 0 Å². The lowest BCUT2D eigenvalue weighted by atomic mass is 10.7. The Labute approximate surface area is 55.1 Å². The topological polar surface area (TPSA) is 75.7 Å². The highest BCUT2D eigenvalue weighted by molar-refractivity contribution is 5.58. The van der Waals surface area contributed by atoms with E-state index in [9.17, 15) is 4.79 Å². The zero-order valence-corrected chi connectivity index (χ0v) is 5.01. The van der Waals surface area contributed by atoms with Gasteiger partial charge >= 0.3 is 5.65 Å². The van der Waals surface area contributed by atoms with E-state index in [1.54, 1.807) is 6.33 Å². The molecule has 2 heterocycles. The molecule has 5 heteroatoms. The summed E-state index contributed by atoms with van der Waals surface area (Å²) in [6, 6.07) is 0. The largest absolute Gasteiger partial charge is 0.317 e. The zero-order valence-electron chi connectivity index (χ0n) is 5.01. The van der Waals surface area contributed by atoms with Gasteiger partial charge in [-0.05, 0) is 0 Å². The van der Waals surface area contributed by atoms with Crippen LogP contribution >= 0.6 is 0 Å². The van der Waals surface area contributed by atoms with E-state index >= 15 is 0 Å². The van der Waals surface area contributed by atoms with Crippen molar-refractivity contribution in [3.63, 3.8) is 0 Å². The Morgan fingerprint density at radius 3 is 3.40 bits per heavy atom. The van der Waals surface area contributed by atoms with Gasteiger partial charge in [-0.25, -0.2) is 4.98 Å². The molecule has 2 aromatic rings. The molecule has 2 rings (SSSR count). The van der Waals surface area contributed by atoms with Crippen LogP contribution in [0.15, 0.2) is 17.3 Å². The van der Waals surface area contributed by atoms with Crippen LogP contribution < -0.4 is 10.5 Å². The number of rotatable bonds is 0. The highest BCUT2D eigenvalue weighted by Gasteiger charge is 2.01. The summed E-state index contributed by atoms with van der Waals surface area (Å²) >= 11 is 0. The second-order valence-corrected chi connectivity index (χ2v) is 1.90. The standard InChI is InChI=1S/C5H4N4O/c10-3-1-6-4-5(9-3)8-2-7-4/h1-2H,(H2,6,7,8,9,10)/p+1.